The lowest BCUT2D eigenvalue weighted by Crippen LogP contribution is -1.84. The van der Waals surface area contributed by atoms with Gasteiger partial charge < -0.3 is 26.4 Å². The number of nitrogens with two attached hydrogens (primary N) is 2. The Morgan fingerprint density at radius 1 is 0.762 bits per heavy atom. The number of anilines is 2. The van der Waals surface area contributed by atoms with E-state index in [1.165, 1.54) is 0 Å². The second kappa shape index (κ2) is 11.4. The van der Waals surface area contributed by atoms with Crippen molar-refractivity contribution in [1.29, 1.82) is 0 Å². The number of hydrogen-bond donors (Lipinski definition) is 4. The Labute approximate surface area is 125 Å². The third-order valence-electron chi connectivity index (χ3n) is 2.28. The quantitative estimate of drug-likeness (QED) is 0.503. The molecule has 0 saturated carbocycles. The molecular weight excluding hydrogens is 268 g/mol. The molecule has 5 nitrogen and oxygen atoms in total. The molecule has 116 valence electrons. The van der Waals surface area contributed by atoms with Gasteiger partial charge in [0.15, 0.2) is 0 Å². The highest BCUT2D eigenvalue weighted by Crippen LogP contribution is 2.16. The van der Waals surface area contributed by atoms with Crippen LogP contribution in [0.15, 0.2) is 48.5 Å². The summed E-state index contributed by atoms with van der Waals surface area (Å²) < 4.78 is 4.83. The van der Waals surface area contributed by atoms with Crippen molar-refractivity contribution in [2.75, 3.05) is 24.7 Å². The van der Waals surface area contributed by atoms with Crippen molar-refractivity contribution >= 4 is 11.4 Å². The smallest absolute Gasteiger partial charge is 0.138 e. The number of rotatable bonds is 2. The summed E-state index contributed by atoms with van der Waals surface area (Å²) in [4.78, 5) is 0. The minimum absolute atomic E-state index is 0.146. The first-order valence-corrected chi connectivity index (χ1v) is 6.67. The maximum Gasteiger partial charge on any atom is 0.138 e. The van der Waals surface area contributed by atoms with E-state index in [1.54, 1.807) is 48.5 Å². The topological polar surface area (TPSA) is 102 Å². The fourth-order valence-electron chi connectivity index (χ4n) is 1.18. The van der Waals surface area contributed by atoms with E-state index in [1.807, 2.05) is 13.8 Å². The molecule has 0 amide bonds. The Hall–Kier alpha value is -2.40. The van der Waals surface area contributed by atoms with Crippen LogP contribution in [0.25, 0.3) is 0 Å². The van der Waals surface area contributed by atoms with E-state index in [9.17, 15) is 0 Å². The number of benzene rings is 2. The Kier molecular flexibility index (Phi) is 10.1. The zero-order valence-corrected chi connectivity index (χ0v) is 12.5. The van der Waals surface area contributed by atoms with Crippen LogP contribution in [0.4, 0.5) is 11.4 Å². The van der Waals surface area contributed by atoms with Crippen molar-refractivity contribution in [2.24, 2.45) is 0 Å². The van der Waals surface area contributed by atoms with Gasteiger partial charge in [0.2, 0.25) is 0 Å². The molecule has 2 aromatic rings. The first-order chi connectivity index (χ1) is 10.0. The van der Waals surface area contributed by atoms with Gasteiger partial charge in [-0.05, 0) is 38.1 Å². The molecule has 21 heavy (non-hydrogen) atoms. The average molecular weight is 292 g/mol. The Balaban J connectivity index is 0.000000296. The van der Waals surface area contributed by atoms with Crippen LogP contribution in [-0.4, -0.2) is 23.4 Å². The van der Waals surface area contributed by atoms with Gasteiger partial charge in [-0.2, -0.15) is 0 Å². The number of hydrogen-bond acceptors (Lipinski definition) is 5. The summed E-state index contributed by atoms with van der Waals surface area (Å²) in [5.74, 6) is 0.292. The van der Waals surface area contributed by atoms with Gasteiger partial charge in [0.05, 0.1) is 11.4 Å². The van der Waals surface area contributed by atoms with Crippen molar-refractivity contribution < 1.29 is 14.9 Å². The van der Waals surface area contributed by atoms with E-state index < -0.39 is 0 Å². The molecule has 0 fully saturated rings. The van der Waals surface area contributed by atoms with Gasteiger partial charge in [-0.25, -0.2) is 0 Å². The fraction of sp³-hybridized carbons (Fsp3) is 0.250. The van der Waals surface area contributed by atoms with Crippen LogP contribution in [0, 0.1) is 0 Å². The molecule has 0 bridgehead atoms. The SMILES string of the molecule is CCOCC.Nc1ccccc1O.Nc1ccccc1O. The van der Waals surface area contributed by atoms with E-state index in [0.717, 1.165) is 13.2 Å². The molecule has 0 atom stereocenters. The second-order valence-electron chi connectivity index (χ2n) is 3.90. The number of phenolic OH excluding ortho intramolecular Hbond substituents is 2. The Morgan fingerprint density at radius 3 is 1.24 bits per heavy atom. The summed E-state index contributed by atoms with van der Waals surface area (Å²) in [6.07, 6.45) is 0. The zero-order chi connectivity index (χ0) is 16.1. The standard InChI is InChI=1S/2C6H7NO.C4H10O/c2*7-5-3-1-2-4-6(5)8;1-3-5-4-2/h2*1-4,8H,7H2;3-4H2,1-2H3. The third kappa shape index (κ3) is 9.18. The Morgan fingerprint density at radius 2 is 1.10 bits per heavy atom. The van der Waals surface area contributed by atoms with E-state index in [-0.39, 0.29) is 11.5 Å². The summed E-state index contributed by atoms with van der Waals surface area (Å²) in [6, 6.07) is 13.4. The van der Waals surface area contributed by atoms with Gasteiger partial charge in [-0.3, -0.25) is 0 Å². The minimum Gasteiger partial charge on any atom is -0.506 e. The van der Waals surface area contributed by atoms with Crippen LogP contribution in [0.5, 0.6) is 11.5 Å². The van der Waals surface area contributed by atoms with E-state index in [0.29, 0.717) is 11.4 Å². The second-order valence-corrected chi connectivity index (χ2v) is 3.90. The van der Waals surface area contributed by atoms with Crippen molar-refractivity contribution in [1.82, 2.24) is 0 Å². The lowest BCUT2D eigenvalue weighted by Gasteiger charge is -1.92. The summed E-state index contributed by atoms with van der Waals surface area (Å²) >= 11 is 0. The van der Waals surface area contributed by atoms with Gasteiger partial charge in [-0.15, -0.1) is 0 Å². The number of para-hydroxylation sites is 4. The normalized spacial score (nSPS) is 8.86. The molecule has 0 radical (unpaired) electrons. The van der Waals surface area contributed by atoms with Crippen molar-refractivity contribution in [3.8, 4) is 11.5 Å². The summed E-state index contributed by atoms with van der Waals surface area (Å²) in [7, 11) is 0. The third-order valence-corrected chi connectivity index (χ3v) is 2.28. The molecule has 5 heteroatoms. The highest BCUT2D eigenvalue weighted by molar-refractivity contribution is 5.51. The molecule has 0 unspecified atom stereocenters. The van der Waals surface area contributed by atoms with Crippen LogP contribution < -0.4 is 11.5 Å². The molecule has 0 aliphatic rings. The molecule has 0 aliphatic carbocycles. The first-order valence-electron chi connectivity index (χ1n) is 6.67. The van der Waals surface area contributed by atoms with Crippen molar-refractivity contribution in [3.63, 3.8) is 0 Å². The largest absolute Gasteiger partial charge is 0.506 e. The summed E-state index contributed by atoms with van der Waals surface area (Å²) in [6.45, 7) is 5.67. The van der Waals surface area contributed by atoms with Crippen LogP contribution in [0.3, 0.4) is 0 Å². The summed E-state index contributed by atoms with van der Waals surface area (Å²) in [5, 5.41) is 17.6. The summed E-state index contributed by atoms with van der Waals surface area (Å²) in [5.41, 5.74) is 11.4. The molecule has 0 heterocycles. The maximum absolute atomic E-state index is 8.79. The van der Waals surface area contributed by atoms with Gasteiger partial charge in [0.1, 0.15) is 11.5 Å². The fourth-order valence-corrected chi connectivity index (χ4v) is 1.18. The monoisotopic (exact) mass is 292 g/mol. The minimum atomic E-state index is 0.146. The van der Waals surface area contributed by atoms with Gasteiger partial charge in [-0.1, -0.05) is 24.3 Å². The molecule has 0 saturated heterocycles. The molecule has 2 aromatic carbocycles. The van der Waals surface area contributed by atoms with Crippen molar-refractivity contribution in [3.05, 3.63) is 48.5 Å². The van der Waals surface area contributed by atoms with Gasteiger partial charge in [0.25, 0.3) is 0 Å². The number of aromatic hydroxyl groups is 2. The highest BCUT2D eigenvalue weighted by atomic mass is 16.5. The number of nitrogen functional groups attached to an aromatic ring is 2. The van der Waals surface area contributed by atoms with E-state index in [2.05, 4.69) is 0 Å². The highest BCUT2D eigenvalue weighted by Gasteiger charge is 1.88. The molecule has 6 N–H and O–H groups in total. The van der Waals surface area contributed by atoms with Crippen LogP contribution in [-0.2, 0) is 4.74 Å². The first kappa shape index (κ1) is 18.6. The molecule has 0 aromatic heterocycles. The molecule has 0 aliphatic heterocycles. The van der Waals surface area contributed by atoms with Crippen LogP contribution in [0.2, 0.25) is 0 Å². The van der Waals surface area contributed by atoms with E-state index in [4.69, 9.17) is 26.4 Å². The number of ether oxygens (including phenoxy) is 1. The maximum atomic E-state index is 8.79. The average Bonchev–Trinajstić information content (AvgIpc) is 2.48. The van der Waals surface area contributed by atoms with Gasteiger partial charge in [0, 0.05) is 13.2 Å². The molecule has 0 spiro atoms. The lowest BCUT2D eigenvalue weighted by molar-refractivity contribution is 0.162. The molecule has 2 rings (SSSR count). The van der Waals surface area contributed by atoms with E-state index >= 15 is 0 Å². The van der Waals surface area contributed by atoms with Gasteiger partial charge >= 0.3 is 0 Å². The molecular formula is C16H24N2O3. The zero-order valence-electron chi connectivity index (χ0n) is 12.5. The number of phenols is 2. The van der Waals surface area contributed by atoms with Crippen molar-refractivity contribution in [2.45, 2.75) is 13.8 Å². The van der Waals surface area contributed by atoms with Crippen LogP contribution in [0.1, 0.15) is 13.8 Å². The predicted octanol–water partition coefficient (Wildman–Crippen LogP) is 2.99. The lowest BCUT2D eigenvalue weighted by atomic mass is 10.3. The predicted molar refractivity (Wildman–Crippen MR) is 87.2 cm³/mol. The Bertz CT molecular complexity index is 417. The van der Waals surface area contributed by atoms with Crippen LogP contribution >= 0.6 is 0 Å².